The minimum atomic E-state index is -0.793. The van der Waals surface area contributed by atoms with Gasteiger partial charge in [0.15, 0.2) is 0 Å². The molecule has 1 saturated carbocycles. The number of aliphatic carboxylic acids is 1. The average Bonchev–Trinajstić information content (AvgIpc) is 3.07. The summed E-state index contributed by atoms with van der Waals surface area (Å²) in [5.41, 5.74) is -0.327. The topological polar surface area (TPSA) is 57.6 Å². The molecule has 1 heterocycles. The number of amides is 1. The summed E-state index contributed by atoms with van der Waals surface area (Å²) < 4.78 is 0. The minimum absolute atomic E-state index is 0.0424. The van der Waals surface area contributed by atoms with Crippen LogP contribution in [0.3, 0.4) is 0 Å². The fraction of sp³-hybridized carbons (Fsp3) is 0.625. The molecule has 21 heavy (non-hydrogen) atoms. The molecule has 1 aromatic heterocycles. The summed E-state index contributed by atoms with van der Waals surface area (Å²) in [5.74, 6) is -0.738. The minimum Gasteiger partial charge on any atom is -0.481 e. The molecule has 4 nitrogen and oxygen atoms in total. The van der Waals surface area contributed by atoms with E-state index in [9.17, 15) is 9.59 Å². The normalized spacial score (nSPS) is 18.4. The largest absolute Gasteiger partial charge is 0.481 e. The Labute approximate surface area is 129 Å². The van der Waals surface area contributed by atoms with Crippen molar-refractivity contribution in [2.45, 2.75) is 51.5 Å². The van der Waals surface area contributed by atoms with Crippen LogP contribution in [0.1, 0.15) is 56.4 Å². The molecular weight excluding hydrogens is 286 g/mol. The molecule has 1 aliphatic rings. The molecule has 0 spiro atoms. The molecule has 0 bridgehead atoms. The highest BCUT2D eigenvalue weighted by atomic mass is 32.1. The summed E-state index contributed by atoms with van der Waals surface area (Å²) in [4.78, 5) is 26.6. The first-order valence-corrected chi connectivity index (χ1v) is 8.32. The number of rotatable bonds is 6. The first-order valence-electron chi connectivity index (χ1n) is 7.44. The molecule has 1 fully saturated rings. The fourth-order valence-corrected chi connectivity index (χ4v) is 4.07. The molecule has 1 amide bonds. The lowest BCUT2D eigenvalue weighted by Gasteiger charge is -2.31. The number of hydrogen-bond donors (Lipinski definition) is 1. The Morgan fingerprint density at radius 1 is 1.38 bits per heavy atom. The number of carboxylic acid groups (broad SMARTS) is 1. The number of carboxylic acids is 1. The van der Waals surface area contributed by atoms with Gasteiger partial charge in [0.2, 0.25) is 5.91 Å². The van der Waals surface area contributed by atoms with Crippen LogP contribution in [-0.4, -0.2) is 28.9 Å². The van der Waals surface area contributed by atoms with Crippen molar-refractivity contribution in [1.82, 2.24) is 4.90 Å². The molecule has 5 heteroatoms. The molecule has 0 radical (unpaired) electrons. The van der Waals surface area contributed by atoms with Crippen molar-refractivity contribution in [3.63, 3.8) is 0 Å². The van der Waals surface area contributed by atoms with E-state index in [1.54, 1.807) is 16.2 Å². The van der Waals surface area contributed by atoms with Gasteiger partial charge in [0, 0.05) is 18.3 Å². The van der Waals surface area contributed by atoms with E-state index in [1.165, 1.54) is 0 Å². The van der Waals surface area contributed by atoms with Crippen LogP contribution < -0.4 is 0 Å². The van der Waals surface area contributed by atoms with Gasteiger partial charge in [-0.25, -0.2) is 0 Å². The first kappa shape index (κ1) is 16.0. The molecule has 0 aliphatic heterocycles. The predicted octanol–water partition coefficient (Wildman–Crippen LogP) is 3.69. The van der Waals surface area contributed by atoms with Gasteiger partial charge in [0.25, 0.3) is 0 Å². The zero-order valence-electron chi connectivity index (χ0n) is 12.7. The lowest BCUT2D eigenvalue weighted by Crippen LogP contribution is -2.34. The van der Waals surface area contributed by atoms with E-state index >= 15 is 0 Å². The maximum Gasteiger partial charge on any atom is 0.303 e. The van der Waals surface area contributed by atoms with E-state index in [-0.39, 0.29) is 23.8 Å². The van der Waals surface area contributed by atoms with Crippen molar-refractivity contribution in [3.05, 3.63) is 22.4 Å². The number of carbonyl (C=O) groups excluding carboxylic acids is 1. The summed E-state index contributed by atoms with van der Waals surface area (Å²) in [6, 6.07) is 4.06. The number of hydrogen-bond acceptors (Lipinski definition) is 3. The molecule has 2 rings (SSSR count). The van der Waals surface area contributed by atoms with Crippen LogP contribution in [0.5, 0.6) is 0 Å². The zero-order valence-corrected chi connectivity index (χ0v) is 13.5. The third kappa shape index (κ3) is 3.84. The van der Waals surface area contributed by atoms with Crippen molar-refractivity contribution in [3.8, 4) is 0 Å². The van der Waals surface area contributed by atoms with Crippen LogP contribution in [-0.2, 0) is 9.59 Å². The Morgan fingerprint density at radius 3 is 2.57 bits per heavy atom. The second-order valence-electron chi connectivity index (χ2n) is 6.15. The van der Waals surface area contributed by atoms with E-state index in [4.69, 9.17) is 5.11 Å². The highest BCUT2D eigenvalue weighted by Crippen LogP contribution is 2.44. The van der Waals surface area contributed by atoms with Crippen molar-refractivity contribution < 1.29 is 14.7 Å². The van der Waals surface area contributed by atoms with E-state index in [0.717, 1.165) is 30.6 Å². The quantitative estimate of drug-likeness (QED) is 0.872. The van der Waals surface area contributed by atoms with Gasteiger partial charge in [-0.15, -0.1) is 11.3 Å². The molecule has 1 atom stereocenters. The second kappa shape index (κ2) is 6.60. The van der Waals surface area contributed by atoms with Crippen LogP contribution in [0.2, 0.25) is 0 Å². The molecule has 1 aliphatic carbocycles. The van der Waals surface area contributed by atoms with Gasteiger partial charge in [-0.3, -0.25) is 9.59 Å². The van der Waals surface area contributed by atoms with E-state index in [0.29, 0.717) is 6.42 Å². The predicted molar refractivity (Wildman–Crippen MR) is 83.3 cm³/mol. The SMILES string of the molecule is CC(c1cccs1)N(C)C(=O)CC1(CC(=O)O)CCCC1. The van der Waals surface area contributed by atoms with Crippen molar-refractivity contribution >= 4 is 23.2 Å². The van der Waals surface area contributed by atoms with Crippen molar-refractivity contribution in [1.29, 1.82) is 0 Å². The summed E-state index contributed by atoms with van der Waals surface area (Å²) in [5, 5.41) is 11.1. The Kier molecular flexibility index (Phi) is 5.04. The maximum atomic E-state index is 12.6. The fourth-order valence-electron chi connectivity index (χ4n) is 3.24. The molecule has 0 saturated heterocycles. The van der Waals surface area contributed by atoms with Crippen LogP contribution in [0.25, 0.3) is 0 Å². The third-order valence-electron chi connectivity index (χ3n) is 4.65. The van der Waals surface area contributed by atoms with Crippen LogP contribution >= 0.6 is 11.3 Å². The molecule has 1 unspecified atom stereocenters. The van der Waals surface area contributed by atoms with Crippen LogP contribution in [0.15, 0.2) is 17.5 Å². The maximum absolute atomic E-state index is 12.6. The Bertz CT molecular complexity index is 492. The summed E-state index contributed by atoms with van der Waals surface area (Å²) in [6.45, 7) is 2.02. The molecule has 1 N–H and O–H groups in total. The first-order chi connectivity index (χ1) is 9.93. The molecular formula is C16H23NO3S. The summed E-state index contributed by atoms with van der Waals surface area (Å²) >= 11 is 1.64. The van der Waals surface area contributed by atoms with Gasteiger partial charge in [0.1, 0.15) is 0 Å². The van der Waals surface area contributed by atoms with E-state index in [2.05, 4.69) is 0 Å². The second-order valence-corrected chi connectivity index (χ2v) is 7.13. The smallest absolute Gasteiger partial charge is 0.303 e. The third-order valence-corrected chi connectivity index (χ3v) is 5.69. The van der Waals surface area contributed by atoms with Gasteiger partial charge in [-0.2, -0.15) is 0 Å². The number of thiophene rings is 1. The van der Waals surface area contributed by atoms with Gasteiger partial charge in [-0.1, -0.05) is 18.9 Å². The van der Waals surface area contributed by atoms with Gasteiger partial charge >= 0.3 is 5.97 Å². The van der Waals surface area contributed by atoms with E-state index < -0.39 is 5.97 Å². The lowest BCUT2D eigenvalue weighted by molar-refractivity contribution is -0.141. The number of carbonyl (C=O) groups is 2. The zero-order chi connectivity index (χ0) is 15.5. The molecule has 1 aromatic rings. The monoisotopic (exact) mass is 309 g/mol. The van der Waals surface area contributed by atoms with Crippen LogP contribution in [0.4, 0.5) is 0 Å². The van der Waals surface area contributed by atoms with Crippen molar-refractivity contribution in [2.24, 2.45) is 5.41 Å². The van der Waals surface area contributed by atoms with Crippen LogP contribution in [0, 0.1) is 5.41 Å². The van der Waals surface area contributed by atoms with E-state index in [1.807, 2.05) is 31.5 Å². The lowest BCUT2D eigenvalue weighted by atomic mass is 9.79. The molecule has 116 valence electrons. The Balaban J connectivity index is 2.03. The highest BCUT2D eigenvalue weighted by molar-refractivity contribution is 7.10. The summed E-state index contributed by atoms with van der Waals surface area (Å²) in [7, 11) is 1.82. The standard InChI is InChI=1S/C16H23NO3S/c1-12(13-6-5-9-21-13)17(2)14(18)10-16(11-15(19)20)7-3-4-8-16/h5-6,9,12H,3-4,7-8,10-11H2,1-2H3,(H,19,20). The Hall–Kier alpha value is -1.36. The van der Waals surface area contributed by atoms with Crippen molar-refractivity contribution in [2.75, 3.05) is 7.05 Å². The Morgan fingerprint density at radius 2 is 2.05 bits per heavy atom. The number of nitrogens with zero attached hydrogens (tertiary/aromatic N) is 1. The average molecular weight is 309 g/mol. The highest BCUT2D eigenvalue weighted by Gasteiger charge is 2.39. The van der Waals surface area contributed by atoms with Gasteiger partial charge in [-0.05, 0) is 36.6 Å². The molecule has 0 aromatic carbocycles. The van der Waals surface area contributed by atoms with Gasteiger partial charge in [0.05, 0.1) is 12.5 Å². The van der Waals surface area contributed by atoms with Gasteiger partial charge < -0.3 is 10.0 Å². The summed E-state index contributed by atoms with van der Waals surface area (Å²) in [6.07, 6.45) is 4.24.